The number of nitrogens with one attached hydrogen (secondary N) is 1. The Labute approximate surface area is 208 Å². The summed E-state index contributed by atoms with van der Waals surface area (Å²) in [5.74, 6) is 0. The summed E-state index contributed by atoms with van der Waals surface area (Å²) >= 11 is 9.14. The second kappa shape index (κ2) is 8.26. The van der Waals surface area contributed by atoms with Gasteiger partial charge in [0.1, 0.15) is 6.61 Å². The molecule has 3 aliphatic heterocycles. The summed E-state index contributed by atoms with van der Waals surface area (Å²) in [5, 5.41) is 5.02. The minimum Gasteiger partial charge on any atom is -0.464 e. The summed E-state index contributed by atoms with van der Waals surface area (Å²) in [7, 11) is 0. The van der Waals surface area contributed by atoms with Crippen molar-refractivity contribution in [2.75, 3.05) is 25.0 Å². The third kappa shape index (κ3) is 3.37. The summed E-state index contributed by atoms with van der Waals surface area (Å²) in [6.07, 6.45) is 7.27. The molecule has 170 valence electrons. The van der Waals surface area contributed by atoms with Crippen LogP contribution in [0.1, 0.15) is 43.5 Å². The maximum absolute atomic E-state index is 6.17. The molecule has 4 heterocycles. The fourth-order valence-electron chi connectivity index (χ4n) is 6.34. The molecular weight excluding hydrogens is 494 g/mol. The molecule has 0 unspecified atom stereocenters. The van der Waals surface area contributed by atoms with E-state index in [0.29, 0.717) is 17.8 Å². The Balaban J connectivity index is 1.39. The number of hydrogen-bond acceptors (Lipinski definition) is 3. The highest BCUT2D eigenvalue weighted by Gasteiger charge is 2.50. The van der Waals surface area contributed by atoms with Crippen molar-refractivity contribution in [2.24, 2.45) is 5.41 Å². The van der Waals surface area contributed by atoms with Gasteiger partial charge in [-0.25, -0.2) is 0 Å². The molecule has 0 spiro atoms. The second-order valence-corrected chi connectivity index (χ2v) is 10.6. The first kappa shape index (κ1) is 21.4. The van der Waals surface area contributed by atoms with E-state index in [0.717, 1.165) is 29.5 Å². The third-order valence-corrected chi connectivity index (χ3v) is 8.70. The Morgan fingerprint density at radius 1 is 1.18 bits per heavy atom. The average Bonchev–Trinajstić information content (AvgIpc) is 3.18. The molecule has 1 fully saturated rings. The highest BCUT2D eigenvalue weighted by atomic mass is 79.9. The third-order valence-electron chi connectivity index (χ3n) is 7.79. The highest BCUT2D eigenvalue weighted by Crippen LogP contribution is 2.56. The predicted molar refractivity (Wildman–Crippen MR) is 143 cm³/mol. The molecule has 1 aromatic heterocycles. The minimum absolute atomic E-state index is 0.161. The van der Waals surface area contributed by atoms with Crippen LogP contribution >= 0.6 is 28.1 Å². The number of halogens is 1. The van der Waals surface area contributed by atoms with Crippen LogP contribution in [-0.4, -0.2) is 34.3 Å². The Morgan fingerprint density at radius 2 is 2.00 bits per heavy atom. The van der Waals surface area contributed by atoms with Crippen LogP contribution in [0.4, 0.5) is 5.69 Å². The van der Waals surface area contributed by atoms with Crippen molar-refractivity contribution < 1.29 is 4.74 Å². The van der Waals surface area contributed by atoms with E-state index in [1.165, 1.54) is 47.2 Å². The number of piperidine rings is 1. The molecule has 2 atom stereocenters. The van der Waals surface area contributed by atoms with Gasteiger partial charge < -0.3 is 14.6 Å². The average molecular weight is 523 g/mol. The van der Waals surface area contributed by atoms with Crippen molar-refractivity contribution in [3.05, 3.63) is 70.3 Å². The molecule has 0 amide bonds. The summed E-state index contributed by atoms with van der Waals surface area (Å²) in [4.78, 5) is 2.73. The van der Waals surface area contributed by atoms with Crippen LogP contribution in [-0.2, 0) is 11.2 Å². The number of anilines is 1. The van der Waals surface area contributed by atoms with Gasteiger partial charge in [-0.1, -0.05) is 43.3 Å². The van der Waals surface area contributed by atoms with Gasteiger partial charge >= 0.3 is 0 Å². The predicted octanol–water partition coefficient (Wildman–Crippen LogP) is 6.76. The van der Waals surface area contributed by atoms with E-state index in [2.05, 4.69) is 68.0 Å². The Kier molecular flexibility index (Phi) is 5.35. The molecular formula is C27H28BrN3OS. The first-order valence-corrected chi connectivity index (χ1v) is 13.1. The molecule has 0 aliphatic carbocycles. The van der Waals surface area contributed by atoms with Crippen LogP contribution in [0.3, 0.4) is 0 Å². The quantitative estimate of drug-likeness (QED) is 0.384. The monoisotopic (exact) mass is 521 g/mol. The number of fused-ring (bicyclic) bond motifs is 3. The molecule has 3 aromatic rings. The summed E-state index contributed by atoms with van der Waals surface area (Å²) in [5.41, 5.74) is 6.61. The molecule has 6 rings (SSSR count). The fourth-order valence-corrected chi connectivity index (χ4v) is 6.90. The molecule has 1 saturated heterocycles. The molecule has 33 heavy (non-hydrogen) atoms. The lowest BCUT2D eigenvalue weighted by atomic mass is 9.66. The Hall–Kier alpha value is -2.15. The number of aromatic nitrogens is 1. The van der Waals surface area contributed by atoms with E-state index in [-0.39, 0.29) is 5.41 Å². The normalized spacial score (nSPS) is 23.7. The van der Waals surface area contributed by atoms with Crippen molar-refractivity contribution >= 4 is 55.6 Å². The molecule has 3 aliphatic rings. The Morgan fingerprint density at radius 3 is 2.85 bits per heavy atom. The van der Waals surface area contributed by atoms with Crippen molar-refractivity contribution in [3.63, 3.8) is 0 Å². The van der Waals surface area contributed by atoms with Gasteiger partial charge in [-0.15, -0.1) is 0 Å². The number of rotatable bonds is 4. The first-order valence-electron chi connectivity index (χ1n) is 11.9. The van der Waals surface area contributed by atoms with Crippen molar-refractivity contribution in [1.29, 1.82) is 0 Å². The molecule has 0 radical (unpaired) electrons. The lowest BCUT2D eigenvalue weighted by Gasteiger charge is -2.53. The number of hydrogen-bond donors (Lipinski definition) is 1. The van der Waals surface area contributed by atoms with Gasteiger partial charge in [-0.3, -0.25) is 4.90 Å². The van der Waals surface area contributed by atoms with Gasteiger partial charge in [0.25, 0.3) is 5.17 Å². The zero-order valence-electron chi connectivity index (χ0n) is 18.8. The molecule has 0 saturated carbocycles. The zero-order valence-corrected chi connectivity index (χ0v) is 21.2. The van der Waals surface area contributed by atoms with Gasteiger partial charge in [0, 0.05) is 27.5 Å². The lowest BCUT2D eigenvalue weighted by molar-refractivity contribution is 0.0264. The molecule has 0 bridgehead atoms. The highest BCUT2D eigenvalue weighted by molar-refractivity contribution is 9.10. The fraction of sp³-hybridized carbons (Fsp3) is 0.370. The van der Waals surface area contributed by atoms with Crippen LogP contribution in [0, 0.1) is 5.41 Å². The molecule has 2 aromatic carbocycles. The number of para-hydroxylation sites is 2. The summed E-state index contributed by atoms with van der Waals surface area (Å²) < 4.78 is 9.62. The lowest BCUT2D eigenvalue weighted by Crippen LogP contribution is -2.50. The number of ether oxygens (including phenoxy) is 1. The van der Waals surface area contributed by atoms with E-state index >= 15 is 0 Å². The zero-order chi connectivity index (χ0) is 22.6. The van der Waals surface area contributed by atoms with Crippen molar-refractivity contribution in [2.45, 2.75) is 38.6 Å². The molecule has 4 nitrogen and oxygen atoms in total. The van der Waals surface area contributed by atoms with Gasteiger partial charge in [-0.05, 0) is 84.1 Å². The smallest absolute Gasteiger partial charge is 0.261 e. The summed E-state index contributed by atoms with van der Waals surface area (Å²) in [6.45, 7) is 5.17. The van der Waals surface area contributed by atoms with Gasteiger partial charge in [0.05, 0.1) is 22.9 Å². The Bertz CT molecular complexity index is 1280. The van der Waals surface area contributed by atoms with Gasteiger partial charge in [-0.2, -0.15) is 0 Å². The maximum atomic E-state index is 6.17. The van der Waals surface area contributed by atoms with Crippen LogP contribution in [0.25, 0.3) is 16.6 Å². The number of benzene rings is 2. The van der Waals surface area contributed by atoms with E-state index in [1.807, 2.05) is 24.3 Å². The standard InChI is InChI=1S/C27H28BrN3OS/c1-2-27-13-7-14-30-15-12-20-19-8-3-6-11-23(19)31(24(20)25(27)30)18(16-27)17-32-26(33)29-22-10-5-4-9-21(22)28/h3-6,8-11,16,25H,2,7,12-15,17H2,1H3,(H,29,33)/t25-,27+/m1/s1. The van der Waals surface area contributed by atoms with E-state index in [4.69, 9.17) is 17.0 Å². The van der Waals surface area contributed by atoms with Crippen LogP contribution in [0.5, 0.6) is 0 Å². The van der Waals surface area contributed by atoms with Gasteiger partial charge in [0.15, 0.2) is 0 Å². The van der Waals surface area contributed by atoms with Crippen LogP contribution in [0.2, 0.25) is 0 Å². The van der Waals surface area contributed by atoms with E-state index in [1.54, 1.807) is 0 Å². The molecule has 6 heteroatoms. The van der Waals surface area contributed by atoms with E-state index in [9.17, 15) is 0 Å². The first-order chi connectivity index (χ1) is 16.1. The van der Waals surface area contributed by atoms with Crippen molar-refractivity contribution in [3.8, 4) is 0 Å². The second-order valence-electron chi connectivity index (χ2n) is 9.41. The van der Waals surface area contributed by atoms with Crippen molar-refractivity contribution in [1.82, 2.24) is 9.47 Å². The number of nitrogens with zero attached hydrogens (tertiary/aromatic N) is 2. The van der Waals surface area contributed by atoms with Crippen LogP contribution in [0.15, 0.2) is 59.1 Å². The topological polar surface area (TPSA) is 29.4 Å². The van der Waals surface area contributed by atoms with Crippen LogP contribution < -0.4 is 5.32 Å². The maximum Gasteiger partial charge on any atom is 0.261 e. The SMILES string of the molecule is CC[C@@]12C=C(COC(=S)Nc3ccccc3Br)n3c4c(c5ccccc53)CCN(CCC1)[C@H]42. The largest absolute Gasteiger partial charge is 0.464 e. The van der Waals surface area contributed by atoms with E-state index < -0.39 is 0 Å². The summed E-state index contributed by atoms with van der Waals surface area (Å²) in [6, 6.07) is 17.3. The minimum atomic E-state index is 0.161. The van der Waals surface area contributed by atoms with Gasteiger partial charge in [0.2, 0.25) is 0 Å². The molecule has 1 N–H and O–H groups in total. The number of thiocarbonyl (C=S) groups is 1.